The Morgan fingerprint density at radius 3 is 2.46 bits per heavy atom. The molecule has 0 atom stereocenters. The van der Waals surface area contributed by atoms with Crippen molar-refractivity contribution in [3.63, 3.8) is 0 Å². The van der Waals surface area contributed by atoms with Gasteiger partial charge in [0.25, 0.3) is 0 Å². The minimum absolute atomic E-state index is 0.119. The Hall–Kier alpha value is -1.85. The number of amides is 2. The zero-order valence-corrected chi connectivity index (χ0v) is 14.6. The summed E-state index contributed by atoms with van der Waals surface area (Å²) < 4.78 is 0. The van der Waals surface area contributed by atoms with E-state index >= 15 is 0 Å². The van der Waals surface area contributed by atoms with Gasteiger partial charge in [0.05, 0.1) is 0 Å². The number of benzene rings is 1. The number of urea groups is 1. The maximum atomic E-state index is 12.1. The Kier molecular flexibility index (Phi) is 5.21. The first-order chi connectivity index (χ1) is 11.6. The SMILES string of the molecule is C=Cc1ccc(NC(=O)NCC2(CN3CCN(C)CC3)CC2)cc1. The van der Waals surface area contributed by atoms with E-state index in [4.69, 9.17) is 0 Å². The van der Waals surface area contributed by atoms with E-state index in [1.807, 2.05) is 24.3 Å². The fourth-order valence-corrected chi connectivity index (χ4v) is 3.19. The van der Waals surface area contributed by atoms with Crippen LogP contribution in [0.5, 0.6) is 0 Å². The first-order valence-electron chi connectivity index (χ1n) is 8.77. The van der Waals surface area contributed by atoms with E-state index in [0.717, 1.165) is 50.5 Å². The van der Waals surface area contributed by atoms with Crippen LogP contribution in [0, 0.1) is 5.41 Å². The molecule has 5 nitrogen and oxygen atoms in total. The molecule has 2 fully saturated rings. The smallest absolute Gasteiger partial charge is 0.319 e. The lowest BCUT2D eigenvalue weighted by atomic mass is 10.1. The number of anilines is 1. The minimum Gasteiger partial charge on any atom is -0.337 e. The molecule has 5 heteroatoms. The van der Waals surface area contributed by atoms with Crippen LogP contribution in [-0.4, -0.2) is 62.1 Å². The standard InChI is InChI=1S/C19H28N4O/c1-3-16-4-6-17(7-5-16)21-18(24)20-14-19(8-9-19)15-23-12-10-22(2)11-13-23/h3-7H,1,8-15H2,2H3,(H2,20,21,24). The molecule has 1 aliphatic carbocycles. The highest BCUT2D eigenvalue weighted by Gasteiger charge is 2.44. The Bertz CT molecular complexity index is 572. The van der Waals surface area contributed by atoms with E-state index in [0.29, 0.717) is 5.41 Å². The summed E-state index contributed by atoms with van der Waals surface area (Å²) in [6, 6.07) is 7.56. The van der Waals surface area contributed by atoms with Crippen molar-refractivity contribution >= 4 is 17.8 Å². The van der Waals surface area contributed by atoms with Crippen LogP contribution in [-0.2, 0) is 0 Å². The zero-order valence-electron chi connectivity index (χ0n) is 14.6. The van der Waals surface area contributed by atoms with E-state index in [-0.39, 0.29) is 6.03 Å². The number of carbonyl (C=O) groups is 1. The molecule has 24 heavy (non-hydrogen) atoms. The van der Waals surface area contributed by atoms with Crippen molar-refractivity contribution in [3.05, 3.63) is 36.4 Å². The first-order valence-corrected chi connectivity index (χ1v) is 8.77. The molecular formula is C19H28N4O. The van der Waals surface area contributed by atoms with Crippen LogP contribution in [0.2, 0.25) is 0 Å². The molecule has 3 rings (SSSR count). The lowest BCUT2D eigenvalue weighted by Gasteiger charge is -2.34. The van der Waals surface area contributed by atoms with Crippen LogP contribution in [0.1, 0.15) is 18.4 Å². The Morgan fingerprint density at radius 2 is 1.88 bits per heavy atom. The number of likely N-dealkylation sites (N-methyl/N-ethyl adjacent to an activating group) is 1. The van der Waals surface area contributed by atoms with E-state index in [1.165, 1.54) is 12.8 Å². The van der Waals surface area contributed by atoms with Crippen molar-refractivity contribution in [2.24, 2.45) is 5.41 Å². The van der Waals surface area contributed by atoms with Crippen LogP contribution in [0.3, 0.4) is 0 Å². The number of carbonyl (C=O) groups excluding carboxylic acids is 1. The van der Waals surface area contributed by atoms with Gasteiger partial charge in [0.1, 0.15) is 0 Å². The molecule has 1 aromatic rings. The van der Waals surface area contributed by atoms with E-state index in [2.05, 4.69) is 34.1 Å². The number of piperazine rings is 1. The molecule has 130 valence electrons. The molecule has 2 N–H and O–H groups in total. The third-order valence-corrected chi connectivity index (χ3v) is 5.14. The van der Waals surface area contributed by atoms with Gasteiger partial charge in [-0.2, -0.15) is 0 Å². The Labute approximate surface area is 144 Å². The monoisotopic (exact) mass is 328 g/mol. The fourth-order valence-electron chi connectivity index (χ4n) is 3.19. The van der Waals surface area contributed by atoms with Crippen LogP contribution in [0.25, 0.3) is 6.08 Å². The number of nitrogens with zero attached hydrogens (tertiary/aromatic N) is 2. The summed E-state index contributed by atoms with van der Waals surface area (Å²) in [5.74, 6) is 0. The van der Waals surface area contributed by atoms with Gasteiger partial charge in [-0.1, -0.05) is 24.8 Å². The van der Waals surface area contributed by atoms with Crippen molar-refractivity contribution in [3.8, 4) is 0 Å². The van der Waals surface area contributed by atoms with Gasteiger partial charge in [-0.05, 0) is 37.6 Å². The van der Waals surface area contributed by atoms with Gasteiger partial charge in [0, 0.05) is 50.4 Å². The molecule has 0 spiro atoms. The average molecular weight is 328 g/mol. The molecule has 0 bridgehead atoms. The van der Waals surface area contributed by atoms with Gasteiger partial charge < -0.3 is 20.4 Å². The second kappa shape index (κ2) is 7.36. The molecule has 1 saturated carbocycles. The van der Waals surface area contributed by atoms with Gasteiger partial charge in [-0.3, -0.25) is 0 Å². The van der Waals surface area contributed by atoms with Crippen molar-refractivity contribution < 1.29 is 4.79 Å². The normalized spacial score (nSPS) is 20.4. The quantitative estimate of drug-likeness (QED) is 0.843. The highest BCUT2D eigenvalue weighted by atomic mass is 16.2. The first kappa shape index (κ1) is 17.0. The largest absolute Gasteiger partial charge is 0.337 e. The zero-order chi connectivity index (χ0) is 17.0. The summed E-state index contributed by atoms with van der Waals surface area (Å²) in [4.78, 5) is 17.0. The van der Waals surface area contributed by atoms with Gasteiger partial charge in [0.2, 0.25) is 0 Å². The highest BCUT2D eigenvalue weighted by Crippen LogP contribution is 2.45. The van der Waals surface area contributed by atoms with Crippen LogP contribution >= 0.6 is 0 Å². The van der Waals surface area contributed by atoms with Crippen LogP contribution < -0.4 is 10.6 Å². The van der Waals surface area contributed by atoms with Crippen LogP contribution in [0.15, 0.2) is 30.8 Å². The maximum absolute atomic E-state index is 12.1. The third-order valence-electron chi connectivity index (χ3n) is 5.14. The third kappa shape index (κ3) is 4.58. The fraction of sp³-hybridized carbons (Fsp3) is 0.526. The van der Waals surface area contributed by atoms with Gasteiger partial charge in [-0.25, -0.2) is 4.79 Å². The molecule has 0 unspecified atom stereocenters. The Balaban J connectivity index is 1.42. The van der Waals surface area contributed by atoms with Crippen molar-refractivity contribution in [2.75, 3.05) is 51.6 Å². The predicted octanol–water partition coefficient (Wildman–Crippen LogP) is 2.48. The van der Waals surface area contributed by atoms with Crippen molar-refractivity contribution in [1.82, 2.24) is 15.1 Å². The van der Waals surface area contributed by atoms with Crippen molar-refractivity contribution in [2.45, 2.75) is 12.8 Å². The molecule has 1 aromatic carbocycles. The summed E-state index contributed by atoms with van der Waals surface area (Å²) in [5.41, 5.74) is 2.15. The van der Waals surface area contributed by atoms with Gasteiger partial charge in [-0.15, -0.1) is 0 Å². The highest BCUT2D eigenvalue weighted by molar-refractivity contribution is 5.89. The summed E-state index contributed by atoms with van der Waals surface area (Å²) in [5, 5.41) is 5.95. The molecule has 2 amide bonds. The predicted molar refractivity (Wildman–Crippen MR) is 99.2 cm³/mol. The lowest BCUT2D eigenvalue weighted by Crippen LogP contribution is -2.48. The molecule has 0 radical (unpaired) electrons. The number of rotatable bonds is 6. The second-order valence-electron chi connectivity index (χ2n) is 7.21. The average Bonchev–Trinajstić information content (AvgIpc) is 3.36. The van der Waals surface area contributed by atoms with E-state index in [1.54, 1.807) is 6.08 Å². The molecule has 1 saturated heterocycles. The summed E-state index contributed by atoms with van der Waals surface area (Å²) in [6.07, 6.45) is 4.22. The molecule has 2 aliphatic rings. The van der Waals surface area contributed by atoms with Crippen molar-refractivity contribution in [1.29, 1.82) is 0 Å². The van der Waals surface area contributed by atoms with E-state index in [9.17, 15) is 4.79 Å². The minimum atomic E-state index is -0.119. The maximum Gasteiger partial charge on any atom is 0.319 e. The summed E-state index contributed by atoms with van der Waals surface area (Å²) >= 11 is 0. The molecule has 1 heterocycles. The second-order valence-corrected chi connectivity index (χ2v) is 7.21. The van der Waals surface area contributed by atoms with E-state index < -0.39 is 0 Å². The summed E-state index contributed by atoms with van der Waals surface area (Å²) in [6.45, 7) is 10.2. The number of hydrogen-bond acceptors (Lipinski definition) is 3. The summed E-state index contributed by atoms with van der Waals surface area (Å²) in [7, 11) is 2.18. The lowest BCUT2D eigenvalue weighted by molar-refractivity contribution is 0.130. The van der Waals surface area contributed by atoms with Gasteiger partial charge in [0.15, 0.2) is 0 Å². The number of hydrogen-bond donors (Lipinski definition) is 2. The topological polar surface area (TPSA) is 47.6 Å². The molecule has 0 aromatic heterocycles. The Morgan fingerprint density at radius 1 is 1.21 bits per heavy atom. The number of nitrogens with one attached hydrogen (secondary N) is 2. The van der Waals surface area contributed by atoms with Crippen LogP contribution in [0.4, 0.5) is 10.5 Å². The molecular weight excluding hydrogens is 300 g/mol. The molecule has 1 aliphatic heterocycles. The van der Waals surface area contributed by atoms with Gasteiger partial charge >= 0.3 is 6.03 Å².